The van der Waals surface area contributed by atoms with E-state index in [0.717, 1.165) is 11.3 Å². The topological polar surface area (TPSA) is 36.0 Å². The molecule has 2 heteroatoms. The first kappa shape index (κ1) is 8.63. The predicted octanol–water partition coefficient (Wildman–Crippen LogP) is 2.89. The molecule has 1 aromatic heterocycles. The number of hydrogen-bond acceptors (Lipinski definition) is 1. The Morgan fingerprint density at radius 3 is 2.57 bits per heavy atom. The first-order valence-electron chi connectivity index (χ1n) is 4.46. The monoisotopic (exact) mass is 185 g/mol. The highest BCUT2D eigenvalue weighted by molar-refractivity contribution is 5.70. The molecule has 0 unspecified atom stereocenters. The van der Waals surface area contributed by atoms with Gasteiger partial charge >= 0.3 is 0 Å². The molecule has 0 atom stereocenters. The average molecular weight is 185 g/mol. The van der Waals surface area contributed by atoms with E-state index in [2.05, 4.69) is 4.98 Å². The van der Waals surface area contributed by atoms with Crippen molar-refractivity contribution in [2.24, 2.45) is 0 Å². The van der Waals surface area contributed by atoms with Gasteiger partial charge in [0.15, 0.2) is 0 Å². The van der Waals surface area contributed by atoms with E-state index in [4.69, 9.17) is 0 Å². The van der Waals surface area contributed by atoms with Gasteiger partial charge in [0, 0.05) is 17.5 Å². The summed E-state index contributed by atoms with van der Waals surface area (Å²) in [6.07, 6.45) is 5.67. The van der Waals surface area contributed by atoms with Crippen molar-refractivity contribution in [2.45, 2.75) is 0 Å². The third-order valence-corrected chi connectivity index (χ3v) is 2.00. The summed E-state index contributed by atoms with van der Waals surface area (Å²) in [5.41, 5.74) is 1.84. The molecule has 0 spiro atoms. The first-order valence-corrected chi connectivity index (χ1v) is 4.46. The highest BCUT2D eigenvalue weighted by Crippen LogP contribution is 2.17. The van der Waals surface area contributed by atoms with E-state index in [1.54, 1.807) is 12.1 Å². The number of phenolic OH excluding ortho intramolecular Hbond substituents is 1. The summed E-state index contributed by atoms with van der Waals surface area (Å²) in [5, 5.41) is 9.48. The number of aromatic amines is 1. The second kappa shape index (κ2) is 3.83. The minimum absolute atomic E-state index is 0.301. The predicted molar refractivity (Wildman–Crippen MR) is 57.8 cm³/mol. The molecule has 70 valence electrons. The molecule has 0 bridgehead atoms. The van der Waals surface area contributed by atoms with Crippen molar-refractivity contribution in [1.29, 1.82) is 0 Å². The van der Waals surface area contributed by atoms with E-state index >= 15 is 0 Å². The zero-order valence-electron chi connectivity index (χ0n) is 7.64. The molecule has 0 radical (unpaired) electrons. The van der Waals surface area contributed by atoms with Crippen molar-refractivity contribution >= 4 is 12.2 Å². The molecule has 0 aliphatic rings. The third-order valence-electron chi connectivity index (χ3n) is 2.00. The van der Waals surface area contributed by atoms with Crippen molar-refractivity contribution in [3.05, 3.63) is 53.9 Å². The van der Waals surface area contributed by atoms with E-state index in [9.17, 15) is 5.11 Å². The second-order valence-electron chi connectivity index (χ2n) is 3.02. The molecule has 2 nitrogen and oxygen atoms in total. The molecule has 2 rings (SSSR count). The Bertz CT molecular complexity index is 429. The van der Waals surface area contributed by atoms with Gasteiger partial charge in [-0.2, -0.15) is 0 Å². The standard InChI is InChI=1S/C12H11NO/c14-12-6-2-1-4-10(12)7-8-11-5-3-9-13-11/h1-9,13-14H. The van der Waals surface area contributed by atoms with Gasteiger partial charge in [-0.1, -0.05) is 18.2 Å². The molecule has 2 N–H and O–H groups in total. The van der Waals surface area contributed by atoms with E-state index in [0.29, 0.717) is 5.75 Å². The number of phenols is 1. The zero-order chi connectivity index (χ0) is 9.80. The Hall–Kier alpha value is -1.96. The average Bonchev–Trinajstić information content (AvgIpc) is 2.69. The van der Waals surface area contributed by atoms with Crippen molar-refractivity contribution in [3.8, 4) is 5.75 Å². The van der Waals surface area contributed by atoms with Gasteiger partial charge in [-0.15, -0.1) is 0 Å². The fourth-order valence-electron chi connectivity index (χ4n) is 1.26. The van der Waals surface area contributed by atoms with Gasteiger partial charge in [-0.05, 0) is 30.4 Å². The van der Waals surface area contributed by atoms with Crippen LogP contribution < -0.4 is 0 Å². The Morgan fingerprint density at radius 2 is 1.86 bits per heavy atom. The quantitative estimate of drug-likeness (QED) is 0.741. The fourth-order valence-corrected chi connectivity index (χ4v) is 1.26. The molecular weight excluding hydrogens is 174 g/mol. The van der Waals surface area contributed by atoms with Crippen LogP contribution in [0.1, 0.15) is 11.3 Å². The summed E-state index contributed by atoms with van der Waals surface area (Å²) < 4.78 is 0. The van der Waals surface area contributed by atoms with E-state index in [1.165, 1.54) is 0 Å². The summed E-state index contributed by atoms with van der Waals surface area (Å²) in [4.78, 5) is 3.06. The maximum atomic E-state index is 9.48. The van der Waals surface area contributed by atoms with Crippen molar-refractivity contribution in [1.82, 2.24) is 4.98 Å². The largest absolute Gasteiger partial charge is 0.507 e. The summed E-state index contributed by atoms with van der Waals surface area (Å²) in [5.74, 6) is 0.301. The highest BCUT2D eigenvalue weighted by Gasteiger charge is 1.93. The Morgan fingerprint density at radius 1 is 1.00 bits per heavy atom. The van der Waals surface area contributed by atoms with Crippen molar-refractivity contribution < 1.29 is 5.11 Å². The van der Waals surface area contributed by atoms with Crippen LogP contribution >= 0.6 is 0 Å². The van der Waals surface area contributed by atoms with Gasteiger partial charge in [0.1, 0.15) is 5.75 Å². The number of hydrogen-bond donors (Lipinski definition) is 2. The van der Waals surface area contributed by atoms with E-state index < -0.39 is 0 Å². The van der Waals surface area contributed by atoms with Gasteiger partial charge in [0.25, 0.3) is 0 Å². The molecule has 1 heterocycles. The maximum absolute atomic E-state index is 9.48. The Labute approximate surface area is 82.5 Å². The summed E-state index contributed by atoms with van der Waals surface area (Å²) in [6, 6.07) is 11.2. The number of H-pyrrole nitrogens is 1. The molecule has 0 aliphatic carbocycles. The first-order chi connectivity index (χ1) is 6.86. The number of nitrogens with one attached hydrogen (secondary N) is 1. The minimum Gasteiger partial charge on any atom is -0.507 e. The number of aromatic hydroxyl groups is 1. The summed E-state index contributed by atoms with van der Waals surface area (Å²) in [7, 11) is 0. The van der Waals surface area contributed by atoms with Gasteiger partial charge in [0.2, 0.25) is 0 Å². The zero-order valence-corrected chi connectivity index (χ0v) is 7.64. The molecule has 0 saturated carbocycles. The SMILES string of the molecule is Oc1ccccc1C=Cc1ccc[nH]1. The van der Waals surface area contributed by atoms with Crippen LogP contribution in [0.25, 0.3) is 12.2 Å². The lowest BCUT2D eigenvalue weighted by atomic mass is 10.2. The lowest BCUT2D eigenvalue weighted by Crippen LogP contribution is -1.73. The van der Waals surface area contributed by atoms with Crippen LogP contribution in [0.2, 0.25) is 0 Å². The number of aromatic nitrogens is 1. The van der Waals surface area contributed by atoms with E-state index in [1.807, 2.05) is 42.6 Å². The molecule has 14 heavy (non-hydrogen) atoms. The van der Waals surface area contributed by atoms with Crippen LogP contribution in [0.5, 0.6) is 5.75 Å². The Kier molecular flexibility index (Phi) is 2.36. The molecule has 0 amide bonds. The lowest BCUT2D eigenvalue weighted by Gasteiger charge is -1.96. The van der Waals surface area contributed by atoms with Crippen LogP contribution in [0.3, 0.4) is 0 Å². The number of para-hydroxylation sites is 1. The highest BCUT2D eigenvalue weighted by atomic mass is 16.3. The Balaban J connectivity index is 2.23. The van der Waals surface area contributed by atoms with Crippen molar-refractivity contribution in [3.63, 3.8) is 0 Å². The molecule has 1 aromatic carbocycles. The second-order valence-corrected chi connectivity index (χ2v) is 3.02. The van der Waals surface area contributed by atoms with Crippen LogP contribution in [-0.4, -0.2) is 10.1 Å². The lowest BCUT2D eigenvalue weighted by molar-refractivity contribution is 0.474. The van der Waals surface area contributed by atoms with Crippen LogP contribution in [-0.2, 0) is 0 Å². The summed E-state index contributed by atoms with van der Waals surface area (Å²) in [6.45, 7) is 0. The van der Waals surface area contributed by atoms with E-state index in [-0.39, 0.29) is 0 Å². The molecule has 0 fully saturated rings. The van der Waals surface area contributed by atoms with Crippen LogP contribution in [0.15, 0.2) is 42.6 Å². The number of benzene rings is 1. The maximum Gasteiger partial charge on any atom is 0.122 e. The van der Waals surface area contributed by atoms with Crippen LogP contribution in [0, 0.1) is 0 Å². The summed E-state index contributed by atoms with van der Waals surface area (Å²) >= 11 is 0. The van der Waals surface area contributed by atoms with Crippen LogP contribution in [0.4, 0.5) is 0 Å². The third kappa shape index (κ3) is 1.85. The minimum atomic E-state index is 0.301. The van der Waals surface area contributed by atoms with Gasteiger partial charge in [-0.3, -0.25) is 0 Å². The molecule has 0 saturated heterocycles. The van der Waals surface area contributed by atoms with Crippen molar-refractivity contribution in [2.75, 3.05) is 0 Å². The van der Waals surface area contributed by atoms with Gasteiger partial charge < -0.3 is 10.1 Å². The molecular formula is C12H11NO. The fraction of sp³-hybridized carbons (Fsp3) is 0. The molecule has 2 aromatic rings. The smallest absolute Gasteiger partial charge is 0.122 e. The molecule has 0 aliphatic heterocycles. The normalized spacial score (nSPS) is 10.9. The number of rotatable bonds is 2. The van der Waals surface area contributed by atoms with Gasteiger partial charge in [0.05, 0.1) is 0 Å². The van der Waals surface area contributed by atoms with Gasteiger partial charge in [-0.25, -0.2) is 0 Å².